The minimum Gasteiger partial charge on any atom is -0.478 e. The molecule has 0 saturated carbocycles. The molecule has 1 aromatic heterocycles. The van der Waals surface area contributed by atoms with E-state index in [1.54, 1.807) is 12.1 Å². The fourth-order valence-corrected chi connectivity index (χ4v) is 2.63. The second-order valence-electron chi connectivity index (χ2n) is 4.85. The maximum absolute atomic E-state index is 11.5. The third-order valence-electron chi connectivity index (χ3n) is 3.58. The summed E-state index contributed by atoms with van der Waals surface area (Å²) in [5.74, 6) is -0.956. The van der Waals surface area contributed by atoms with Crippen molar-refractivity contribution in [3.63, 3.8) is 0 Å². The lowest BCUT2D eigenvalue weighted by atomic mass is 10.0. The summed E-state index contributed by atoms with van der Waals surface area (Å²) >= 11 is 0. The number of aromatic carboxylic acids is 1. The van der Waals surface area contributed by atoms with E-state index in [-0.39, 0.29) is 5.56 Å². The van der Waals surface area contributed by atoms with Crippen molar-refractivity contribution in [1.82, 2.24) is 9.97 Å². The zero-order valence-electron chi connectivity index (χ0n) is 10.9. The molecule has 0 amide bonds. The van der Waals surface area contributed by atoms with Gasteiger partial charge in [0.15, 0.2) is 0 Å². The van der Waals surface area contributed by atoms with Gasteiger partial charge in [0.25, 0.3) is 0 Å². The number of para-hydroxylation sites is 2. The number of nitrogens with zero attached hydrogens (tertiary/aromatic N) is 2. The van der Waals surface area contributed by atoms with Crippen LogP contribution < -0.4 is 0 Å². The summed E-state index contributed by atoms with van der Waals surface area (Å²) in [5, 5.41) is 10.9. The quantitative estimate of drug-likeness (QED) is 0.425. The Morgan fingerprint density at radius 1 is 0.810 bits per heavy atom. The number of aromatic nitrogens is 2. The zero-order valence-corrected chi connectivity index (χ0v) is 10.9. The van der Waals surface area contributed by atoms with Crippen molar-refractivity contribution in [3.05, 3.63) is 60.2 Å². The van der Waals surface area contributed by atoms with Gasteiger partial charge in [-0.25, -0.2) is 14.8 Å². The number of benzene rings is 3. The fraction of sp³-hybridized carbons (Fsp3) is 0. The molecule has 4 rings (SSSR count). The van der Waals surface area contributed by atoms with Gasteiger partial charge in [0.1, 0.15) is 0 Å². The zero-order chi connectivity index (χ0) is 14.4. The van der Waals surface area contributed by atoms with Crippen LogP contribution in [0, 0.1) is 0 Å². The molecule has 0 spiro atoms. The lowest BCUT2D eigenvalue weighted by molar-refractivity contribution is 0.0699. The van der Waals surface area contributed by atoms with Gasteiger partial charge in [-0.05, 0) is 23.6 Å². The van der Waals surface area contributed by atoms with E-state index in [4.69, 9.17) is 0 Å². The van der Waals surface area contributed by atoms with Crippen LogP contribution >= 0.6 is 0 Å². The molecule has 0 saturated heterocycles. The van der Waals surface area contributed by atoms with Gasteiger partial charge in [-0.3, -0.25) is 0 Å². The van der Waals surface area contributed by atoms with Crippen molar-refractivity contribution in [2.24, 2.45) is 0 Å². The second-order valence-corrected chi connectivity index (χ2v) is 4.85. The minimum atomic E-state index is -0.956. The highest BCUT2D eigenvalue weighted by molar-refractivity contribution is 6.14. The monoisotopic (exact) mass is 274 g/mol. The van der Waals surface area contributed by atoms with Crippen LogP contribution in [0.25, 0.3) is 32.8 Å². The third kappa shape index (κ3) is 1.73. The molecule has 4 heteroatoms. The first-order valence-corrected chi connectivity index (χ1v) is 6.55. The Kier molecular flexibility index (Phi) is 2.38. The molecule has 0 atom stereocenters. The van der Waals surface area contributed by atoms with Crippen LogP contribution in [0.5, 0.6) is 0 Å². The van der Waals surface area contributed by atoms with E-state index in [2.05, 4.69) is 9.97 Å². The van der Waals surface area contributed by atoms with Crippen molar-refractivity contribution in [1.29, 1.82) is 0 Å². The molecule has 0 radical (unpaired) electrons. The number of hydrogen-bond acceptors (Lipinski definition) is 3. The number of rotatable bonds is 1. The van der Waals surface area contributed by atoms with E-state index in [1.807, 2.05) is 42.5 Å². The Bertz CT molecular complexity index is 1020. The average Bonchev–Trinajstić information content (AvgIpc) is 2.52. The van der Waals surface area contributed by atoms with E-state index in [1.165, 1.54) is 0 Å². The van der Waals surface area contributed by atoms with Gasteiger partial charge in [0.2, 0.25) is 0 Å². The number of fused-ring (bicyclic) bond motifs is 4. The van der Waals surface area contributed by atoms with Crippen molar-refractivity contribution in [2.45, 2.75) is 0 Å². The molecule has 0 unspecified atom stereocenters. The lowest BCUT2D eigenvalue weighted by Crippen LogP contribution is -1.99. The van der Waals surface area contributed by atoms with Crippen LogP contribution in [0.2, 0.25) is 0 Å². The van der Waals surface area contributed by atoms with Crippen LogP contribution in [-0.4, -0.2) is 21.0 Å². The molecular formula is C17H10N2O2. The minimum absolute atomic E-state index is 0.252. The average molecular weight is 274 g/mol. The van der Waals surface area contributed by atoms with Gasteiger partial charge >= 0.3 is 5.97 Å². The molecule has 1 N–H and O–H groups in total. The summed E-state index contributed by atoms with van der Waals surface area (Å²) < 4.78 is 0. The summed E-state index contributed by atoms with van der Waals surface area (Å²) in [6, 6.07) is 16.6. The standard InChI is InChI=1S/C17H10N2O2/c20-17(21)12-9-15-16(11-6-2-1-5-10(11)12)19-14-8-4-3-7-13(14)18-15/h1-9H,(H,20,21). The summed E-state index contributed by atoms with van der Waals surface area (Å²) in [6.45, 7) is 0. The molecule has 0 aliphatic heterocycles. The Morgan fingerprint density at radius 2 is 1.43 bits per heavy atom. The molecule has 4 aromatic rings. The van der Waals surface area contributed by atoms with Crippen molar-refractivity contribution < 1.29 is 9.90 Å². The maximum atomic E-state index is 11.5. The molecule has 100 valence electrons. The van der Waals surface area contributed by atoms with Crippen LogP contribution in [0.15, 0.2) is 54.6 Å². The normalized spacial score (nSPS) is 11.2. The second kappa shape index (κ2) is 4.24. The first-order chi connectivity index (χ1) is 10.2. The number of hydrogen-bond donors (Lipinski definition) is 1. The molecule has 21 heavy (non-hydrogen) atoms. The predicted molar refractivity (Wildman–Crippen MR) is 81.5 cm³/mol. The van der Waals surface area contributed by atoms with Crippen LogP contribution in [0.3, 0.4) is 0 Å². The number of carbonyl (C=O) groups is 1. The lowest BCUT2D eigenvalue weighted by Gasteiger charge is -2.07. The molecule has 0 aliphatic rings. The highest BCUT2D eigenvalue weighted by atomic mass is 16.4. The van der Waals surface area contributed by atoms with E-state index in [0.717, 1.165) is 21.9 Å². The van der Waals surface area contributed by atoms with Crippen molar-refractivity contribution in [3.8, 4) is 0 Å². The molecule has 0 bridgehead atoms. The maximum Gasteiger partial charge on any atom is 0.336 e. The topological polar surface area (TPSA) is 63.1 Å². The van der Waals surface area contributed by atoms with Crippen LogP contribution in [-0.2, 0) is 0 Å². The molecule has 0 aliphatic carbocycles. The van der Waals surface area contributed by atoms with Crippen molar-refractivity contribution >= 4 is 38.8 Å². The summed E-state index contributed by atoms with van der Waals surface area (Å²) in [5.41, 5.74) is 3.15. The smallest absolute Gasteiger partial charge is 0.336 e. The number of carboxylic acid groups (broad SMARTS) is 1. The molecule has 1 heterocycles. The molecule has 3 aromatic carbocycles. The van der Waals surface area contributed by atoms with E-state index in [0.29, 0.717) is 10.9 Å². The Hall–Kier alpha value is -3.01. The highest BCUT2D eigenvalue weighted by Gasteiger charge is 2.13. The molecular weight excluding hydrogens is 264 g/mol. The largest absolute Gasteiger partial charge is 0.478 e. The number of carboxylic acids is 1. The van der Waals surface area contributed by atoms with Gasteiger partial charge in [-0.2, -0.15) is 0 Å². The Morgan fingerprint density at radius 3 is 2.14 bits per heavy atom. The van der Waals surface area contributed by atoms with E-state index < -0.39 is 5.97 Å². The van der Waals surface area contributed by atoms with Gasteiger partial charge in [0.05, 0.1) is 27.6 Å². The van der Waals surface area contributed by atoms with Gasteiger partial charge < -0.3 is 5.11 Å². The fourth-order valence-electron chi connectivity index (χ4n) is 2.63. The highest BCUT2D eigenvalue weighted by Crippen LogP contribution is 2.28. The van der Waals surface area contributed by atoms with Crippen molar-refractivity contribution in [2.75, 3.05) is 0 Å². The summed E-state index contributed by atoms with van der Waals surface area (Å²) in [4.78, 5) is 20.7. The summed E-state index contributed by atoms with van der Waals surface area (Å²) in [6.07, 6.45) is 0. The predicted octanol–water partition coefficient (Wildman–Crippen LogP) is 3.63. The summed E-state index contributed by atoms with van der Waals surface area (Å²) in [7, 11) is 0. The molecule has 4 nitrogen and oxygen atoms in total. The van der Waals surface area contributed by atoms with Gasteiger partial charge in [-0.1, -0.05) is 36.4 Å². The van der Waals surface area contributed by atoms with Gasteiger partial charge in [0, 0.05) is 5.39 Å². The Balaban J connectivity index is 2.26. The third-order valence-corrected chi connectivity index (χ3v) is 3.58. The molecule has 0 fully saturated rings. The first kappa shape index (κ1) is 11.8. The Labute approximate surface area is 119 Å². The first-order valence-electron chi connectivity index (χ1n) is 6.55. The SMILES string of the molecule is O=C(O)c1cc2nc3ccccc3nc2c2ccccc12. The van der Waals surface area contributed by atoms with E-state index in [9.17, 15) is 9.90 Å². The van der Waals surface area contributed by atoms with Gasteiger partial charge in [-0.15, -0.1) is 0 Å². The van der Waals surface area contributed by atoms with Crippen LogP contribution in [0.4, 0.5) is 0 Å². The van der Waals surface area contributed by atoms with Crippen LogP contribution in [0.1, 0.15) is 10.4 Å². The van der Waals surface area contributed by atoms with E-state index >= 15 is 0 Å².